The number of aliphatic imine (C=N–C) groups is 1. The van der Waals surface area contributed by atoms with Crippen molar-refractivity contribution in [2.45, 2.75) is 25.9 Å². The van der Waals surface area contributed by atoms with Crippen LogP contribution in [0.15, 0.2) is 29.6 Å². The van der Waals surface area contributed by atoms with Crippen LogP contribution in [-0.2, 0) is 19.6 Å². The number of guanidine groups is 1. The molecular weight excluding hydrogens is 397 g/mol. The highest BCUT2D eigenvalue weighted by atomic mass is 19.4. The Morgan fingerprint density at radius 1 is 1.37 bits per heavy atom. The number of hydrogen-bond acceptors (Lipinski definition) is 5. The van der Waals surface area contributed by atoms with Crippen molar-refractivity contribution in [3.05, 3.63) is 35.9 Å². The summed E-state index contributed by atoms with van der Waals surface area (Å²) in [7, 11) is 1.92. The van der Waals surface area contributed by atoms with Gasteiger partial charge in [-0.2, -0.15) is 18.3 Å². The fourth-order valence-corrected chi connectivity index (χ4v) is 3.46. The van der Waals surface area contributed by atoms with Gasteiger partial charge in [0.15, 0.2) is 5.96 Å². The minimum atomic E-state index is -4.49. The monoisotopic (exact) mass is 424 g/mol. The van der Waals surface area contributed by atoms with Crippen LogP contribution in [0, 0.1) is 5.92 Å². The zero-order chi connectivity index (χ0) is 21.6. The lowest BCUT2D eigenvalue weighted by atomic mass is 10.0. The lowest BCUT2D eigenvalue weighted by Gasteiger charge is -2.21. The summed E-state index contributed by atoms with van der Waals surface area (Å²) < 4.78 is 40.0. The van der Waals surface area contributed by atoms with Gasteiger partial charge in [0.1, 0.15) is 5.69 Å². The summed E-state index contributed by atoms with van der Waals surface area (Å²) in [6.07, 6.45) is 2.62. The van der Waals surface area contributed by atoms with Crippen LogP contribution in [0.4, 0.5) is 19.1 Å². The molecule has 30 heavy (non-hydrogen) atoms. The normalized spacial score (nSPS) is 17.4. The average molecular weight is 424 g/mol. The number of rotatable bonds is 7. The fraction of sp³-hybridized carbons (Fsp3) is 0.579. The molecule has 0 aromatic carbocycles. The third-order valence-electron chi connectivity index (χ3n) is 4.81. The topological polar surface area (TPSA) is 83.3 Å². The number of aromatic nitrogens is 4. The minimum Gasteiger partial charge on any atom is -0.357 e. The molecule has 0 saturated carbocycles. The van der Waals surface area contributed by atoms with Gasteiger partial charge in [-0.1, -0.05) is 0 Å². The van der Waals surface area contributed by atoms with Gasteiger partial charge >= 0.3 is 6.18 Å². The number of alkyl halides is 3. The van der Waals surface area contributed by atoms with E-state index in [4.69, 9.17) is 0 Å². The molecule has 11 heteroatoms. The van der Waals surface area contributed by atoms with Gasteiger partial charge in [0.05, 0.1) is 12.7 Å². The first-order chi connectivity index (χ1) is 14.3. The van der Waals surface area contributed by atoms with E-state index in [0.29, 0.717) is 19.0 Å². The highest BCUT2D eigenvalue weighted by Gasteiger charge is 2.32. The standard InChI is InChI=1S/C19H27F3N8/c1-3-23-18(30-9-5-14(13-30)10-15-11-27-29(2)12-15)26-8-7-25-17-24-6-4-16(28-17)19(20,21)22/h4,6,11-12,14H,3,5,7-10,13H2,1-2H3,(H,23,26)(H,24,25,28). The van der Waals surface area contributed by atoms with Crippen LogP contribution in [0.1, 0.15) is 24.6 Å². The molecule has 2 N–H and O–H groups in total. The van der Waals surface area contributed by atoms with Gasteiger partial charge in [0.25, 0.3) is 0 Å². The Balaban J connectivity index is 1.51. The SMILES string of the molecule is CCNC(=NCCNc1nccc(C(F)(F)F)n1)N1CCC(Cc2cnn(C)c2)C1. The van der Waals surface area contributed by atoms with Crippen LogP contribution in [0.5, 0.6) is 0 Å². The molecule has 8 nitrogen and oxygen atoms in total. The summed E-state index contributed by atoms with van der Waals surface area (Å²) in [5.41, 5.74) is 0.269. The molecule has 1 fully saturated rings. The molecule has 2 aromatic heterocycles. The second-order valence-corrected chi connectivity index (χ2v) is 7.25. The molecule has 3 rings (SSSR count). The number of aryl methyl sites for hydroxylation is 1. The number of nitrogens with zero attached hydrogens (tertiary/aromatic N) is 6. The number of anilines is 1. The highest BCUT2D eigenvalue weighted by molar-refractivity contribution is 5.80. The Labute approximate surface area is 173 Å². The van der Waals surface area contributed by atoms with Gasteiger partial charge < -0.3 is 15.5 Å². The lowest BCUT2D eigenvalue weighted by molar-refractivity contribution is -0.141. The molecule has 0 amide bonds. The van der Waals surface area contributed by atoms with Gasteiger partial charge in [-0.15, -0.1) is 0 Å². The van der Waals surface area contributed by atoms with E-state index in [2.05, 4.69) is 35.6 Å². The zero-order valence-corrected chi connectivity index (χ0v) is 17.2. The van der Waals surface area contributed by atoms with E-state index >= 15 is 0 Å². The number of halogens is 3. The third-order valence-corrected chi connectivity index (χ3v) is 4.81. The van der Waals surface area contributed by atoms with Crippen LogP contribution >= 0.6 is 0 Å². The van der Waals surface area contributed by atoms with Gasteiger partial charge in [-0.05, 0) is 37.3 Å². The van der Waals surface area contributed by atoms with Crippen molar-refractivity contribution >= 4 is 11.9 Å². The molecule has 0 spiro atoms. The Morgan fingerprint density at radius 3 is 2.90 bits per heavy atom. The van der Waals surface area contributed by atoms with Crippen LogP contribution in [0.25, 0.3) is 0 Å². The Bertz CT molecular complexity index is 848. The molecule has 0 radical (unpaired) electrons. The summed E-state index contributed by atoms with van der Waals surface area (Å²) in [6.45, 7) is 5.31. The summed E-state index contributed by atoms with van der Waals surface area (Å²) in [5.74, 6) is 1.30. The van der Waals surface area contributed by atoms with Gasteiger partial charge in [0, 0.05) is 45.6 Å². The Morgan fingerprint density at radius 2 is 2.20 bits per heavy atom. The van der Waals surface area contributed by atoms with Crippen molar-refractivity contribution in [3.63, 3.8) is 0 Å². The number of hydrogen-bond donors (Lipinski definition) is 2. The van der Waals surface area contributed by atoms with Crippen LogP contribution in [0.3, 0.4) is 0 Å². The van der Waals surface area contributed by atoms with Gasteiger partial charge in [-0.3, -0.25) is 9.67 Å². The molecule has 1 aliphatic heterocycles. The Hall–Kier alpha value is -2.85. The first kappa shape index (κ1) is 21.8. The Kier molecular flexibility index (Phi) is 7.11. The second kappa shape index (κ2) is 9.77. The van der Waals surface area contributed by atoms with Crippen molar-refractivity contribution in [2.24, 2.45) is 18.0 Å². The zero-order valence-electron chi connectivity index (χ0n) is 17.2. The molecule has 3 heterocycles. The molecule has 0 aliphatic carbocycles. The van der Waals surface area contributed by atoms with Crippen LogP contribution in [-0.4, -0.2) is 63.3 Å². The van der Waals surface area contributed by atoms with E-state index < -0.39 is 11.9 Å². The van der Waals surface area contributed by atoms with E-state index in [1.807, 2.05) is 31.0 Å². The molecule has 1 aliphatic rings. The number of nitrogens with one attached hydrogen (secondary N) is 2. The smallest absolute Gasteiger partial charge is 0.357 e. The summed E-state index contributed by atoms with van der Waals surface area (Å²) in [6, 6.07) is 0.849. The highest BCUT2D eigenvalue weighted by Crippen LogP contribution is 2.27. The van der Waals surface area contributed by atoms with E-state index in [1.54, 1.807) is 0 Å². The molecule has 2 aromatic rings. The molecule has 0 bridgehead atoms. The van der Waals surface area contributed by atoms with E-state index in [0.717, 1.165) is 50.7 Å². The summed E-state index contributed by atoms with van der Waals surface area (Å²) >= 11 is 0. The average Bonchev–Trinajstić information content (AvgIpc) is 3.33. The van der Waals surface area contributed by atoms with Gasteiger partial charge in [0.2, 0.25) is 5.95 Å². The van der Waals surface area contributed by atoms with Crippen molar-refractivity contribution in [1.29, 1.82) is 0 Å². The van der Waals surface area contributed by atoms with Crippen molar-refractivity contribution in [1.82, 2.24) is 30.0 Å². The van der Waals surface area contributed by atoms with E-state index in [1.165, 1.54) is 5.56 Å². The molecule has 164 valence electrons. The number of likely N-dealkylation sites (tertiary alicyclic amines) is 1. The molecule has 1 unspecified atom stereocenters. The van der Waals surface area contributed by atoms with Crippen molar-refractivity contribution < 1.29 is 13.2 Å². The quantitative estimate of drug-likeness (QED) is 0.403. The van der Waals surface area contributed by atoms with E-state index in [9.17, 15) is 13.2 Å². The predicted octanol–water partition coefficient (Wildman–Crippen LogP) is 2.17. The summed E-state index contributed by atoms with van der Waals surface area (Å²) in [4.78, 5) is 14.2. The molecule has 1 saturated heterocycles. The maximum absolute atomic E-state index is 12.7. The van der Waals surface area contributed by atoms with Crippen molar-refractivity contribution in [2.75, 3.05) is 38.0 Å². The first-order valence-electron chi connectivity index (χ1n) is 10.00. The van der Waals surface area contributed by atoms with Crippen LogP contribution < -0.4 is 10.6 Å². The second-order valence-electron chi connectivity index (χ2n) is 7.25. The maximum Gasteiger partial charge on any atom is 0.433 e. The maximum atomic E-state index is 12.7. The van der Waals surface area contributed by atoms with Gasteiger partial charge in [-0.25, -0.2) is 9.97 Å². The summed E-state index contributed by atoms with van der Waals surface area (Å²) in [5, 5.41) is 10.3. The van der Waals surface area contributed by atoms with Crippen molar-refractivity contribution in [3.8, 4) is 0 Å². The minimum absolute atomic E-state index is 0.0530. The van der Waals surface area contributed by atoms with Crippen LogP contribution in [0.2, 0.25) is 0 Å². The lowest BCUT2D eigenvalue weighted by Crippen LogP contribution is -2.40. The third kappa shape index (κ3) is 6.07. The molecular formula is C19H27F3N8. The molecule has 1 atom stereocenters. The predicted molar refractivity (Wildman–Crippen MR) is 108 cm³/mol. The first-order valence-corrected chi connectivity index (χ1v) is 10.00. The van der Waals surface area contributed by atoms with E-state index in [-0.39, 0.29) is 5.95 Å². The largest absolute Gasteiger partial charge is 0.433 e. The fourth-order valence-electron chi connectivity index (χ4n) is 3.46.